The molecule has 0 amide bonds. The Kier molecular flexibility index (Phi) is 2.23. The first-order chi connectivity index (χ1) is 7.13. The van der Waals surface area contributed by atoms with Gasteiger partial charge in [0.15, 0.2) is 5.76 Å². The van der Waals surface area contributed by atoms with Crippen molar-refractivity contribution in [3.05, 3.63) is 42.8 Å². The monoisotopic (exact) mass is 201 g/mol. The molecule has 0 saturated heterocycles. The van der Waals surface area contributed by atoms with E-state index in [-0.39, 0.29) is 0 Å². The van der Waals surface area contributed by atoms with E-state index in [1.165, 1.54) is 0 Å². The lowest BCUT2D eigenvalue weighted by molar-refractivity contribution is 0.568. The number of furan rings is 1. The molecule has 0 aliphatic carbocycles. The van der Waals surface area contributed by atoms with Crippen molar-refractivity contribution >= 4 is 6.08 Å². The highest BCUT2D eigenvalue weighted by atomic mass is 16.3. The van der Waals surface area contributed by atoms with Crippen LogP contribution in [0.15, 0.2) is 23.1 Å². The van der Waals surface area contributed by atoms with Crippen molar-refractivity contribution in [2.24, 2.45) is 0 Å². The van der Waals surface area contributed by atoms with E-state index in [2.05, 4.69) is 18.7 Å². The van der Waals surface area contributed by atoms with Crippen molar-refractivity contribution < 1.29 is 4.42 Å². The van der Waals surface area contributed by atoms with Crippen LogP contribution in [0.2, 0.25) is 0 Å². The van der Waals surface area contributed by atoms with Crippen LogP contribution in [0.5, 0.6) is 0 Å². The smallest absolute Gasteiger partial charge is 0.155 e. The molecule has 2 aromatic rings. The maximum Gasteiger partial charge on any atom is 0.155 e. The van der Waals surface area contributed by atoms with Gasteiger partial charge in [-0.1, -0.05) is 6.58 Å². The summed E-state index contributed by atoms with van der Waals surface area (Å²) in [6.07, 6.45) is 1.67. The molecule has 0 aromatic carbocycles. The van der Waals surface area contributed by atoms with E-state index in [0.29, 0.717) is 0 Å². The molecular formula is C12H13N2O. The van der Waals surface area contributed by atoms with Crippen LogP contribution in [-0.2, 0) is 0 Å². The van der Waals surface area contributed by atoms with Crippen molar-refractivity contribution in [1.82, 2.24) is 9.78 Å². The Labute approximate surface area is 89.0 Å². The molecule has 3 nitrogen and oxygen atoms in total. The lowest BCUT2D eigenvalue weighted by Crippen LogP contribution is -1.89. The van der Waals surface area contributed by atoms with E-state index in [1.54, 1.807) is 10.8 Å². The fourth-order valence-electron chi connectivity index (χ4n) is 1.46. The summed E-state index contributed by atoms with van der Waals surface area (Å²) in [6, 6.07) is 3.77. The van der Waals surface area contributed by atoms with Crippen LogP contribution in [0.1, 0.15) is 17.0 Å². The zero-order valence-electron chi connectivity index (χ0n) is 8.95. The molecule has 15 heavy (non-hydrogen) atoms. The van der Waals surface area contributed by atoms with E-state index in [1.807, 2.05) is 26.0 Å². The van der Waals surface area contributed by atoms with Crippen LogP contribution >= 0.6 is 0 Å². The minimum absolute atomic E-state index is 0.751. The molecule has 0 unspecified atom stereocenters. The van der Waals surface area contributed by atoms with Crippen LogP contribution in [0.25, 0.3) is 17.5 Å². The molecule has 0 N–H and O–H groups in total. The summed E-state index contributed by atoms with van der Waals surface area (Å²) in [5.74, 6) is 1.51. The Morgan fingerprint density at radius 1 is 1.40 bits per heavy atom. The average Bonchev–Trinajstić information content (AvgIpc) is 2.79. The normalized spacial score (nSPS) is 10.6. The Morgan fingerprint density at radius 3 is 2.60 bits per heavy atom. The zero-order chi connectivity index (χ0) is 11.0. The lowest BCUT2D eigenvalue weighted by Gasteiger charge is -1.92. The first-order valence-corrected chi connectivity index (χ1v) is 4.73. The number of aromatic nitrogens is 2. The third-order valence-electron chi connectivity index (χ3n) is 2.57. The maximum atomic E-state index is 5.55. The minimum Gasteiger partial charge on any atom is -0.455 e. The standard InChI is InChI=1S/C12H13N2O/c1-5-10-6-7-11(15-10)12-8(2)9(3)14(4)13-12/h5-7H,1,4H2,2-3H3. The summed E-state index contributed by atoms with van der Waals surface area (Å²) in [5.41, 5.74) is 2.98. The second-order valence-electron chi connectivity index (χ2n) is 3.46. The van der Waals surface area contributed by atoms with Gasteiger partial charge in [0.05, 0.1) is 7.05 Å². The van der Waals surface area contributed by atoms with Gasteiger partial charge in [0.25, 0.3) is 0 Å². The molecule has 0 spiro atoms. The highest BCUT2D eigenvalue weighted by Gasteiger charge is 2.13. The first kappa shape index (κ1) is 9.77. The lowest BCUT2D eigenvalue weighted by atomic mass is 10.2. The van der Waals surface area contributed by atoms with Crippen LogP contribution < -0.4 is 0 Å². The Hall–Kier alpha value is -1.77. The molecule has 2 rings (SSSR count). The average molecular weight is 201 g/mol. The molecule has 0 saturated carbocycles. The second kappa shape index (κ2) is 3.42. The van der Waals surface area contributed by atoms with Gasteiger partial charge >= 0.3 is 0 Å². The third-order valence-corrected chi connectivity index (χ3v) is 2.57. The van der Waals surface area contributed by atoms with Crippen LogP contribution in [0.3, 0.4) is 0 Å². The molecule has 0 bridgehead atoms. The van der Waals surface area contributed by atoms with Gasteiger partial charge in [-0.3, -0.25) is 4.68 Å². The van der Waals surface area contributed by atoms with Gasteiger partial charge in [0.2, 0.25) is 0 Å². The van der Waals surface area contributed by atoms with Crippen molar-refractivity contribution in [3.63, 3.8) is 0 Å². The third kappa shape index (κ3) is 1.50. The highest BCUT2D eigenvalue weighted by molar-refractivity contribution is 5.60. The number of hydrogen-bond donors (Lipinski definition) is 0. The summed E-state index contributed by atoms with van der Waals surface area (Å²) >= 11 is 0. The van der Waals surface area contributed by atoms with Crippen LogP contribution in [-0.4, -0.2) is 9.78 Å². The summed E-state index contributed by atoms with van der Waals surface area (Å²) in [4.78, 5) is 0. The number of nitrogens with zero attached hydrogens (tertiary/aromatic N) is 2. The molecule has 0 aliphatic rings. The van der Waals surface area contributed by atoms with Crippen molar-refractivity contribution in [2.45, 2.75) is 13.8 Å². The SMILES string of the molecule is [CH2]n1nc(-c2ccc(C=C)o2)c(C)c1C. The van der Waals surface area contributed by atoms with E-state index >= 15 is 0 Å². The summed E-state index contributed by atoms with van der Waals surface area (Å²) < 4.78 is 7.16. The molecular weight excluding hydrogens is 188 g/mol. The molecule has 77 valence electrons. The second-order valence-corrected chi connectivity index (χ2v) is 3.46. The Bertz CT molecular complexity index is 506. The molecule has 0 fully saturated rings. The van der Waals surface area contributed by atoms with Gasteiger partial charge in [0.1, 0.15) is 11.5 Å². The topological polar surface area (TPSA) is 31.0 Å². The van der Waals surface area contributed by atoms with Gasteiger partial charge < -0.3 is 4.42 Å². The quantitative estimate of drug-likeness (QED) is 0.747. The predicted octanol–water partition coefficient (Wildman–Crippen LogP) is 3.04. The van der Waals surface area contributed by atoms with E-state index in [9.17, 15) is 0 Å². The van der Waals surface area contributed by atoms with Gasteiger partial charge in [-0.05, 0) is 32.1 Å². The summed E-state index contributed by atoms with van der Waals surface area (Å²) in [6.45, 7) is 7.64. The van der Waals surface area contributed by atoms with Crippen molar-refractivity contribution in [1.29, 1.82) is 0 Å². The zero-order valence-corrected chi connectivity index (χ0v) is 8.95. The van der Waals surface area contributed by atoms with Gasteiger partial charge in [-0.2, -0.15) is 5.10 Å². The summed E-state index contributed by atoms with van der Waals surface area (Å²) in [5, 5.41) is 4.31. The molecule has 2 heterocycles. The Morgan fingerprint density at radius 2 is 2.13 bits per heavy atom. The minimum atomic E-state index is 0.751. The number of hydrogen-bond acceptors (Lipinski definition) is 2. The molecule has 1 radical (unpaired) electrons. The van der Waals surface area contributed by atoms with E-state index in [4.69, 9.17) is 4.42 Å². The van der Waals surface area contributed by atoms with E-state index < -0.39 is 0 Å². The molecule has 2 aromatic heterocycles. The molecule has 0 aliphatic heterocycles. The van der Waals surface area contributed by atoms with Crippen molar-refractivity contribution in [3.8, 4) is 11.5 Å². The molecule has 0 atom stereocenters. The highest BCUT2D eigenvalue weighted by Crippen LogP contribution is 2.26. The van der Waals surface area contributed by atoms with Crippen LogP contribution in [0.4, 0.5) is 0 Å². The predicted molar refractivity (Wildman–Crippen MR) is 60.2 cm³/mol. The van der Waals surface area contributed by atoms with E-state index in [0.717, 1.165) is 28.5 Å². The maximum absolute atomic E-state index is 5.55. The largest absolute Gasteiger partial charge is 0.455 e. The van der Waals surface area contributed by atoms with Crippen LogP contribution in [0, 0.1) is 20.9 Å². The van der Waals surface area contributed by atoms with Crippen molar-refractivity contribution in [2.75, 3.05) is 0 Å². The first-order valence-electron chi connectivity index (χ1n) is 4.73. The fourth-order valence-corrected chi connectivity index (χ4v) is 1.46. The van der Waals surface area contributed by atoms with Gasteiger partial charge in [0, 0.05) is 11.3 Å². The fraction of sp³-hybridized carbons (Fsp3) is 0.167. The molecule has 3 heteroatoms. The Balaban J connectivity index is 2.53. The summed E-state index contributed by atoms with van der Waals surface area (Å²) in [7, 11) is 3.80. The van der Waals surface area contributed by atoms with Gasteiger partial charge in [-0.25, -0.2) is 0 Å². The van der Waals surface area contributed by atoms with Gasteiger partial charge in [-0.15, -0.1) is 0 Å². The number of rotatable bonds is 2.